The first kappa shape index (κ1) is 33.1. The largest absolute Gasteiger partial charge is 0.444 e. The quantitative estimate of drug-likeness (QED) is 0.295. The van der Waals surface area contributed by atoms with E-state index >= 15 is 0 Å². The number of benzene rings is 2. The fourth-order valence-corrected chi connectivity index (χ4v) is 5.15. The molecule has 0 atom stereocenters. The second kappa shape index (κ2) is 14.2. The highest BCUT2D eigenvalue weighted by Crippen LogP contribution is 2.27. The summed E-state index contributed by atoms with van der Waals surface area (Å²) in [7, 11) is 0. The molecular weight excluding hydrogens is 536 g/mol. The number of ether oxygens (including phenoxy) is 1. The van der Waals surface area contributed by atoms with Crippen molar-refractivity contribution in [3.63, 3.8) is 0 Å². The van der Waals surface area contributed by atoms with Gasteiger partial charge in [0.05, 0.1) is 0 Å². The topological polar surface area (TPSA) is 74.4 Å². The maximum atomic E-state index is 12.9. The first-order chi connectivity index (χ1) is 19.7. The van der Waals surface area contributed by atoms with Crippen LogP contribution in [-0.4, -0.2) is 46.6 Å². The summed E-state index contributed by atoms with van der Waals surface area (Å²) in [6.07, 6.45) is 5.14. The average molecular weight is 584 g/mol. The summed E-state index contributed by atoms with van der Waals surface area (Å²) in [5.41, 5.74) is 5.05. The Morgan fingerprint density at radius 2 is 1.62 bits per heavy atom. The zero-order chi connectivity index (χ0) is 31.1. The molecule has 230 valence electrons. The van der Waals surface area contributed by atoms with Gasteiger partial charge in [0, 0.05) is 53.8 Å². The molecule has 1 fully saturated rings. The third-order valence-electron chi connectivity index (χ3n) is 7.46. The number of carbonyl (C=O) groups excluding carboxylic acids is 2. The van der Waals surface area contributed by atoms with Crippen LogP contribution in [0.25, 0.3) is 10.9 Å². The number of carbonyl (C=O) groups is 2. The first-order valence-electron chi connectivity index (χ1n) is 15.1. The monoisotopic (exact) mass is 583 g/mol. The molecule has 4 rings (SSSR count). The van der Waals surface area contributed by atoms with Crippen LogP contribution in [-0.2, 0) is 29.9 Å². The van der Waals surface area contributed by atoms with E-state index in [2.05, 4.69) is 24.1 Å². The molecule has 0 spiro atoms. The number of nitrogens with zero attached hydrogens (tertiary/aromatic N) is 1. The number of H-pyrrole nitrogens is 1. The van der Waals surface area contributed by atoms with Gasteiger partial charge in [0.2, 0.25) is 0 Å². The number of hydrogen-bond acceptors (Lipinski definition) is 3. The van der Waals surface area contributed by atoms with Gasteiger partial charge in [-0.1, -0.05) is 51.5 Å². The van der Waals surface area contributed by atoms with Gasteiger partial charge in [-0.25, -0.2) is 13.6 Å². The van der Waals surface area contributed by atoms with E-state index in [0.29, 0.717) is 18.7 Å². The number of alkyl halides is 2. The van der Waals surface area contributed by atoms with Gasteiger partial charge in [-0.05, 0) is 82.2 Å². The van der Waals surface area contributed by atoms with E-state index in [-0.39, 0.29) is 23.6 Å². The van der Waals surface area contributed by atoms with Crippen molar-refractivity contribution in [2.75, 3.05) is 13.1 Å². The smallest absolute Gasteiger partial charge is 0.410 e. The molecule has 2 aromatic carbocycles. The van der Waals surface area contributed by atoms with Gasteiger partial charge in [0.15, 0.2) is 0 Å². The molecule has 2 amide bonds. The second-order valence-corrected chi connectivity index (χ2v) is 12.1. The van der Waals surface area contributed by atoms with Crippen molar-refractivity contribution >= 4 is 22.9 Å². The van der Waals surface area contributed by atoms with Crippen LogP contribution in [0.15, 0.2) is 42.5 Å². The molecule has 2 N–H and O–H groups in total. The van der Waals surface area contributed by atoms with E-state index in [0.717, 1.165) is 61.9 Å². The molecule has 1 saturated heterocycles. The van der Waals surface area contributed by atoms with E-state index in [1.165, 1.54) is 23.4 Å². The number of aromatic nitrogens is 1. The van der Waals surface area contributed by atoms with E-state index in [1.54, 1.807) is 17.0 Å². The summed E-state index contributed by atoms with van der Waals surface area (Å²) in [5.74, 6) is -2.76. The number of likely N-dealkylation sites (tertiary alicyclic amines) is 1. The maximum Gasteiger partial charge on any atom is 0.410 e. The summed E-state index contributed by atoms with van der Waals surface area (Å²) < 4.78 is 30.8. The molecule has 6 nitrogen and oxygen atoms in total. The van der Waals surface area contributed by atoms with Crippen LogP contribution in [0.1, 0.15) is 100 Å². The van der Waals surface area contributed by atoms with Gasteiger partial charge < -0.3 is 19.9 Å². The van der Waals surface area contributed by atoms with Gasteiger partial charge in [-0.15, -0.1) is 0 Å². The minimum atomic E-state index is -2.72. The Hall–Kier alpha value is -3.42. The summed E-state index contributed by atoms with van der Waals surface area (Å²) >= 11 is 0. The van der Waals surface area contributed by atoms with Crippen molar-refractivity contribution in [3.8, 4) is 0 Å². The number of nitrogens with one attached hydrogen (secondary N) is 2. The second-order valence-electron chi connectivity index (χ2n) is 12.1. The number of halogens is 2. The Morgan fingerprint density at radius 1 is 0.976 bits per heavy atom. The van der Waals surface area contributed by atoms with E-state index in [4.69, 9.17) is 4.74 Å². The lowest BCUT2D eigenvalue weighted by atomic mass is 10.0. The van der Waals surface area contributed by atoms with Crippen molar-refractivity contribution in [1.29, 1.82) is 0 Å². The van der Waals surface area contributed by atoms with Gasteiger partial charge in [0.1, 0.15) is 5.60 Å². The van der Waals surface area contributed by atoms with Gasteiger partial charge in [-0.2, -0.15) is 0 Å². The normalized spacial score (nSPS) is 14.4. The van der Waals surface area contributed by atoms with Crippen LogP contribution in [0.5, 0.6) is 0 Å². The number of aryl methyl sites for hydroxylation is 3. The number of fused-ring (bicyclic) bond motifs is 1. The third-order valence-corrected chi connectivity index (χ3v) is 7.46. The highest BCUT2D eigenvalue weighted by molar-refractivity contribution is 5.99. The first-order valence-corrected chi connectivity index (χ1v) is 15.1. The Kier molecular flexibility index (Phi) is 11.2. The fraction of sp³-hybridized carbons (Fsp3) is 0.529. The van der Waals surface area contributed by atoms with Gasteiger partial charge >= 0.3 is 6.09 Å². The van der Waals surface area contributed by atoms with Crippen LogP contribution < -0.4 is 5.32 Å². The number of amides is 2. The predicted molar refractivity (Wildman–Crippen MR) is 165 cm³/mol. The summed E-state index contributed by atoms with van der Waals surface area (Å²) in [4.78, 5) is 30.3. The molecule has 1 aromatic heterocycles. The standard InChI is InChI=1S/C24H35N3O3.C10H12F2/c1-6-8-20-18(7-2)19-15-16(9-10-21(19)26-20)22(28)25-17-11-13-27(14-12-17)23(29)30-24(3,4)5;1-3-8-4-6-9(7-5-8)10(2,11)12/h9-10,15,17,26H,6-8,11-14H2,1-5H3,(H,25,28);4-7H,3H2,1-2H3. The minimum absolute atomic E-state index is 0.0482. The molecule has 8 heteroatoms. The van der Waals surface area contributed by atoms with Crippen LogP contribution in [0.3, 0.4) is 0 Å². The van der Waals surface area contributed by atoms with Crippen LogP contribution in [0, 0.1) is 0 Å². The van der Waals surface area contributed by atoms with Crippen molar-refractivity contribution in [2.45, 2.75) is 105 Å². The number of rotatable bonds is 7. The van der Waals surface area contributed by atoms with Crippen molar-refractivity contribution < 1.29 is 23.1 Å². The molecule has 0 bridgehead atoms. The summed E-state index contributed by atoms with van der Waals surface area (Å²) in [6, 6.07) is 12.4. The number of aromatic amines is 1. The molecule has 2 heterocycles. The third kappa shape index (κ3) is 9.04. The molecule has 0 unspecified atom stereocenters. The van der Waals surface area contributed by atoms with Crippen LogP contribution in [0.4, 0.5) is 13.6 Å². The van der Waals surface area contributed by atoms with Crippen LogP contribution in [0.2, 0.25) is 0 Å². The van der Waals surface area contributed by atoms with Crippen molar-refractivity contribution in [3.05, 3.63) is 70.4 Å². The van der Waals surface area contributed by atoms with Crippen LogP contribution >= 0.6 is 0 Å². The van der Waals surface area contributed by atoms with E-state index in [9.17, 15) is 18.4 Å². The Morgan fingerprint density at radius 3 is 2.14 bits per heavy atom. The highest BCUT2D eigenvalue weighted by atomic mass is 19.3. The lowest BCUT2D eigenvalue weighted by Gasteiger charge is -2.33. The number of piperidine rings is 1. The highest BCUT2D eigenvalue weighted by Gasteiger charge is 2.28. The average Bonchev–Trinajstić information content (AvgIpc) is 3.29. The van der Waals surface area contributed by atoms with Crippen molar-refractivity contribution in [2.24, 2.45) is 0 Å². The van der Waals surface area contributed by atoms with E-state index < -0.39 is 11.5 Å². The summed E-state index contributed by atoms with van der Waals surface area (Å²) in [6.45, 7) is 14.0. The number of hydrogen-bond donors (Lipinski definition) is 2. The minimum Gasteiger partial charge on any atom is -0.444 e. The van der Waals surface area contributed by atoms with Gasteiger partial charge in [-0.3, -0.25) is 4.79 Å². The molecule has 1 aliphatic heterocycles. The molecule has 0 radical (unpaired) electrons. The Bertz CT molecular complexity index is 1330. The lowest BCUT2D eigenvalue weighted by molar-refractivity contribution is 0.0171. The fourth-order valence-electron chi connectivity index (χ4n) is 5.15. The Balaban J connectivity index is 0.000000337. The molecule has 0 saturated carbocycles. The zero-order valence-corrected chi connectivity index (χ0v) is 26.2. The lowest BCUT2D eigenvalue weighted by Crippen LogP contribution is -2.47. The van der Waals surface area contributed by atoms with E-state index in [1.807, 2.05) is 45.9 Å². The molecule has 3 aromatic rings. The Labute approximate surface area is 249 Å². The molecular formula is C34H47F2N3O3. The zero-order valence-electron chi connectivity index (χ0n) is 26.2. The van der Waals surface area contributed by atoms with Gasteiger partial charge in [0.25, 0.3) is 11.8 Å². The van der Waals surface area contributed by atoms with Crippen molar-refractivity contribution in [1.82, 2.24) is 15.2 Å². The molecule has 1 aliphatic rings. The maximum absolute atomic E-state index is 12.9. The molecule has 42 heavy (non-hydrogen) atoms. The molecule has 0 aliphatic carbocycles. The summed E-state index contributed by atoms with van der Waals surface area (Å²) in [5, 5.41) is 4.30. The predicted octanol–water partition coefficient (Wildman–Crippen LogP) is 8.17. The SMILES string of the molecule is CCCc1[nH]c2ccc(C(=O)NC3CCN(C(=O)OC(C)(C)C)CC3)cc2c1CC.CCc1ccc(C(C)(F)F)cc1.